The van der Waals surface area contributed by atoms with Gasteiger partial charge in [0.2, 0.25) is 6.29 Å². The Balaban J connectivity index is 0.000000604. The zero-order valence-corrected chi connectivity index (χ0v) is 19.7. The van der Waals surface area contributed by atoms with Gasteiger partial charge in [-0.3, -0.25) is 14.4 Å². The smallest absolute Gasteiger partial charge is 0.385 e. The third kappa shape index (κ3) is 7.95. The molecule has 34 heavy (non-hydrogen) atoms. The van der Waals surface area contributed by atoms with Gasteiger partial charge >= 0.3 is 6.18 Å². The second kappa shape index (κ2) is 12.7. The zero-order valence-electron chi connectivity index (χ0n) is 19.7. The minimum absolute atomic E-state index is 0.0635. The number of nitrogens with one attached hydrogen (secondary N) is 1. The molecule has 1 aliphatic heterocycles. The molecule has 0 unspecified atom stereocenters. The molecule has 0 aliphatic carbocycles. The van der Waals surface area contributed by atoms with E-state index in [0.717, 1.165) is 56.4 Å². The van der Waals surface area contributed by atoms with Gasteiger partial charge in [-0.25, -0.2) is 0 Å². The average molecular weight is 484 g/mol. The molecule has 2 heterocycles. The molecule has 1 fully saturated rings. The van der Waals surface area contributed by atoms with Crippen molar-refractivity contribution in [1.82, 2.24) is 14.8 Å². The summed E-state index contributed by atoms with van der Waals surface area (Å²) in [6, 6.07) is 8.04. The number of fused-ring (bicyclic) bond motifs is 1. The molecule has 1 aliphatic rings. The summed E-state index contributed by atoms with van der Waals surface area (Å²) in [7, 11) is 1.72. The Kier molecular flexibility index (Phi) is 10.2. The lowest BCUT2D eigenvalue weighted by atomic mass is 10.0. The number of ketones is 1. The Hall–Kier alpha value is -2.72. The standard InChI is InChI=1S/C22H31N3O3.C2HF3O/c1-16(2)25-15-19(18-7-4-5-8-20(18)25)21(26)22(27)23-17-9-12-24(13-10-17)11-6-14-28-3;3-2(4,5)1-6/h4-5,7-8,15-17H,6,9-14H2,1-3H3,(H,23,27);1H. The fraction of sp³-hybridized carbons (Fsp3) is 0.542. The van der Waals surface area contributed by atoms with E-state index in [4.69, 9.17) is 9.53 Å². The third-order valence-electron chi connectivity index (χ3n) is 5.63. The molecule has 3 rings (SSSR count). The van der Waals surface area contributed by atoms with E-state index in [2.05, 4.69) is 24.1 Å². The van der Waals surface area contributed by atoms with Gasteiger partial charge in [0, 0.05) is 62.5 Å². The van der Waals surface area contributed by atoms with Crippen molar-refractivity contribution in [3.63, 3.8) is 0 Å². The van der Waals surface area contributed by atoms with Crippen molar-refractivity contribution in [3.05, 3.63) is 36.0 Å². The van der Waals surface area contributed by atoms with Crippen LogP contribution in [0.4, 0.5) is 13.2 Å². The number of carbonyl (C=O) groups excluding carboxylic acids is 3. The van der Waals surface area contributed by atoms with Crippen LogP contribution in [0.25, 0.3) is 10.9 Å². The molecule has 2 aromatic rings. The number of alkyl halides is 3. The minimum Gasteiger partial charge on any atom is -0.385 e. The maximum Gasteiger partial charge on any atom is 0.446 e. The van der Waals surface area contributed by atoms with Gasteiger partial charge in [-0.2, -0.15) is 13.2 Å². The van der Waals surface area contributed by atoms with Crippen LogP contribution in [-0.4, -0.2) is 73.0 Å². The van der Waals surface area contributed by atoms with Gasteiger partial charge in [0.1, 0.15) is 0 Å². The number of nitrogens with zero attached hydrogens (tertiary/aromatic N) is 2. The summed E-state index contributed by atoms with van der Waals surface area (Å²) in [6.45, 7) is 7.81. The maximum absolute atomic E-state index is 12.9. The lowest BCUT2D eigenvalue weighted by molar-refractivity contribution is -0.156. The molecule has 10 heteroatoms. The summed E-state index contributed by atoms with van der Waals surface area (Å²) in [5, 5.41) is 3.80. The minimum atomic E-state index is -4.64. The number of hydrogen-bond donors (Lipinski definition) is 1. The predicted octanol–water partition coefficient (Wildman–Crippen LogP) is 3.77. The van der Waals surface area contributed by atoms with E-state index >= 15 is 0 Å². The van der Waals surface area contributed by atoms with E-state index < -0.39 is 24.2 Å². The topological polar surface area (TPSA) is 80.6 Å². The fourth-order valence-electron chi connectivity index (χ4n) is 3.92. The molecular formula is C24H32F3N3O4. The summed E-state index contributed by atoms with van der Waals surface area (Å²) in [6.07, 6.45) is -1.12. The Labute approximate surface area is 197 Å². The van der Waals surface area contributed by atoms with Crippen LogP contribution in [0.15, 0.2) is 30.5 Å². The molecule has 0 saturated carbocycles. The van der Waals surface area contributed by atoms with E-state index in [1.807, 2.05) is 35.0 Å². The summed E-state index contributed by atoms with van der Waals surface area (Å²) in [5.41, 5.74) is 1.47. The van der Waals surface area contributed by atoms with Gasteiger partial charge < -0.3 is 19.5 Å². The molecular weight excluding hydrogens is 451 g/mol. The lowest BCUT2D eigenvalue weighted by Crippen LogP contribution is -2.46. The van der Waals surface area contributed by atoms with Gasteiger partial charge in [-0.15, -0.1) is 0 Å². The van der Waals surface area contributed by atoms with Crippen molar-refractivity contribution in [2.75, 3.05) is 33.4 Å². The van der Waals surface area contributed by atoms with Crippen molar-refractivity contribution in [3.8, 4) is 0 Å². The first-order valence-corrected chi connectivity index (χ1v) is 11.3. The number of Topliss-reactive ketones (excluding diaryl/α,β-unsaturated/α-hetero) is 1. The number of benzene rings is 1. The van der Waals surface area contributed by atoms with Crippen molar-refractivity contribution < 1.29 is 32.3 Å². The maximum atomic E-state index is 12.9. The normalized spacial score (nSPS) is 15.1. The van der Waals surface area contributed by atoms with E-state index in [-0.39, 0.29) is 12.1 Å². The third-order valence-corrected chi connectivity index (χ3v) is 5.63. The first-order chi connectivity index (χ1) is 16.1. The fourth-order valence-corrected chi connectivity index (χ4v) is 3.92. The number of hydrogen-bond acceptors (Lipinski definition) is 5. The van der Waals surface area contributed by atoms with Gasteiger partial charge in [0.05, 0.1) is 5.56 Å². The van der Waals surface area contributed by atoms with E-state index in [1.165, 1.54) is 0 Å². The number of ether oxygens (including phenoxy) is 1. The van der Waals surface area contributed by atoms with Crippen LogP contribution in [0, 0.1) is 0 Å². The second-order valence-corrected chi connectivity index (χ2v) is 8.49. The highest BCUT2D eigenvalue weighted by Gasteiger charge is 2.26. The number of methoxy groups -OCH3 is 1. The molecule has 0 atom stereocenters. The quantitative estimate of drug-likeness (QED) is 0.268. The molecule has 0 bridgehead atoms. The highest BCUT2D eigenvalue weighted by molar-refractivity contribution is 6.45. The second-order valence-electron chi connectivity index (χ2n) is 8.49. The van der Waals surface area contributed by atoms with E-state index in [9.17, 15) is 22.8 Å². The number of amides is 1. The van der Waals surface area contributed by atoms with Gasteiger partial charge in [-0.1, -0.05) is 18.2 Å². The number of rotatable bonds is 8. The Morgan fingerprint density at radius 1 is 1.21 bits per heavy atom. The molecule has 188 valence electrons. The van der Waals surface area contributed by atoms with Crippen LogP contribution in [0.3, 0.4) is 0 Å². The Bertz CT molecular complexity index is 964. The molecule has 1 saturated heterocycles. The first-order valence-electron chi connectivity index (χ1n) is 11.3. The van der Waals surface area contributed by atoms with E-state index in [0.29, 0.717) is 5.56 Å². The van der Waals surface area contributed by atoms with Gasteiger partial charge in [0.15, 0.2) is 0 Å². The first kappa shape index (κ1) is 27.5. The Morgan fingerprint density at radius 2 is 1.82 bits per heavy atom. The molecule has 0 spiro atoms. The van der Waals surface area contributed by atoms with Crippen molar-refractivity contribution in [2.24, 2.45) is 0 Å². The molecule has 1 N–H and O–H groups in total. The summed E-state index contributed by atoms with van der Waals surface area (Å²) < 4.78 is 38.4. The predicted molar refractivity (Wildman–Crippen MR) is 123 cm³/mol. The zero-order chi connectivity index (χ0) is 25.3. The molecule has 7 nitrogen and oxygen atoms in total. The van der Waals surface area contributed by atoms with Gasteiger partial charge in [0.25, 0.3) is 11.7 Å². The highest BCUT2D eigenvalue weighted by Crippen LogP contribution is 2.25. The average Bonchev–Trinajstić information content (AvgIpc) is 3.20. The van der Waals surface area contributed by atoms with Crippen LogP contribution in [0.2, 0.25) is 0 Å². The molecule has 1 amide bonds. The van der Waals surface area contributed by atoms with Crippen LogP contribution in [0.5, 0.6) is 0 Å². The summed E-state index contributed by atoms with van der Waals surface area (Å²) >= 11 is 0. The van der Waals surface area contributed by atoms with Crippen LogP contribution in [0.1, 0.15) is 49.5 Å². The molecule has 1 aromatic heterocycles. The number of aldehydes is 1. The van der Waals surface area contributed by atoms with Crippen LogP contribution < -0.4 is 5.32 Å². The number of para-hydroxylation sites is 1. The number of halogens is 3. The monoisotopic (exact) mass is 483 g/mol. The van der Waals surface area contributed by atoms with Crippen molar-refractivity contribution in [1.29, 1.82) is 0 Å². The highest BCUT2D eigenvalue weighted by atomic mass is 19.4. The van der Waals surface area contributed by atoms with Crippen molar-refractivity contribution >= 4 is 28.9 Å². The van der Waals surface area contributed by atoms with Crippen molar-refractivity contribution in [2.45, 2.75) is 51.4 Å². The number of likely N-dealkylation sites (tertiary alicyclic amines) is 1. The lowest BCUT2D eigenvalue weighted by Gasteiger charge is -2.32. The SMILES string of the molecule is COCCCN1CCC(NC(=O)C(=O)c2cn(C(C)C)c3ccccc23)CC1.O=CC(F)(F)F. The summed E-state index contributed by atoms with van der Waals surface area (Å²) in [4.78, 5) is 36.6. The largest absolute Gasteiger partial charge is 0.446 e. The van der Waals surface area contributed by atoms with Gasteiger partial charge in [-0.05, 0) is 39.2 Å². The number of piperidine rings is 1. The van der Waals surface area contributed by atoms with Crippen LogP contribution in [-0.2, 0) is 14.3 Å². The Morgan fingerprint density at radius 3 is 2.38 bits per heavy atom. The van der Waals surface area contributed by atoms with Crippen LogP contribution >= 0.6 is 0 Å². The van der Waals surface area contributed by atoms with E-state index in [1.54, 1.807) is 7.11 Å². The summed E-state index contributed by atoms with van der Waals surface area (Å²) in [5.74, 6) is -0.942. The molecule has 0 radical (unpaired) electrons. The molecule has 1 aromatic carbocycles. The number of aromatic nitrogens is 1. The number of carbonyl (C=O) groups is 3.